The zero-order valence-corrected chi connectivity index (χ0v) is 14.5. The molecule has 6 heteroatoms. The van der Waals surface area contributed by atoms with Gasteiger partial charge in [-0.25, -0.2) is 4.90 Å². The van der Waals surface area contributed by atoms with Crippen molar-refractivity contribution in [2.45, 2.75) is 19.8 Å². The largest absolute Gasteiger partial charge is 0.506 e. The number of phenols is 1. The molecule has 1 heterocycles. The third-order valence-corrected chi connectivity index (χ3v) is 4.36. The van der Waals surface area contributed by atoms with E-state index in [2.05, 4.69) is 19.2 Å². The topological polar surface area (TPSA) is 69.6 Å². The van der Waals surface area contributed by atoms with Gasteiger partial charge in [0.2, 0.25) is 0 Å². The van der Waals surface area contributed by atoms with Crippen LogP contribution in [0, 0.1) is 0 Å². The van der Waals surface area contributed by atoms with Gasteiger partial charge in [0, 0.05) is 0 Å². The summed E-state index contributed by atoms with van der Waals surface area (Å²) in [4.78, 5) is 26.1. The molecule has 2 aromatic carbocycles. The van der Waals surface area contributed by atoms with Gasteiger partial charge in [-0.15, -0.1) is 0 Å². The lowest BCUT2D eigenvalue weighted by molar-refractivity contribution is -0.120. The summed E-state index contributed by atoms with van der Waals surface area (Å²) in [5, 5.41) is 12.4. The van der Waals surface area contributed by atoms with Gasteiger partial charge in [0.15, 0.2) is 0 Å². The summed E-state index contributed by atoms with van der Waals surface area (Å²) in [6, 6.07) is 13.6. The molecule has 128 valence electrons. The van der Waals surface area contributed by atoms with Crippen LogP contribution in [0.1, 0.15) is 25.3 Å². The fourth-order valence-corrected chi connectivity index (χ4v) is 2.78. The van der Waals surface area contributed by atoms with Gasteiger partial charge in [-0.05, 0) is 35.7 Å². The highest BCUT2D eigenvalue weighted by atomic mass is 35.5. The quantitative estimate of drug-likeness (QED) is 0.642. The van der Waals surface area contributed by atoms with Crippen LogP contribution >= 0.6 is 11.6 Å². The lowest BCUT2D eigenvalue weighted by Crippen LogP contribution is -2.32. The van der Waals surface area contributed by atoms with Gasteiger partial charge in [-0.1, -0.05) is 49.7 Å². The first-order valence-electron chi connectivity index (χ1n) is 7.83. The Bertz CT molecular complexity index is 872. The van der Waals surface area contributed by atoms with Gasteiger partial charge < -0.3 is 10.4 Å². The molecule has 1 aliphatic heterocycles. The second-order valence-electron chi connectivity index (χ2n) is 6.02. The standard InChI is InChI=1S/C19H17ClN2O3/c1-11(2)12-7-9-13(10-8-12)22-18(24)16(20)17(19(22)25)21-14-5-3-4-6-15(14)23/h3-11,21,23H,1-2H3. The number of hydrogen-bond donors (Lipinski definition) is 2. The number of carbonyl (C=O) groups excluding carboxylic acids is 2. The zero-order chi connectivity index (χ0) is 18.1. The van der Waals surface area contributed by atoms with Crippen molar-refractivity contribution in [1.82, 2.24) is 0 Å². The lowest BCUT2D eigenvalue weighted by atomic mass is 10.0. The average Bonchev–Trinajstić information content (AvgIpc) is 2.80. The predicted octanol–water partition coefficient (Wildman–Crippen LogP) is 3.95. The van der Waals surface area contributed by atoms with E-state index in [-0.39, 0.29) is 16.5 Å². The Morgan fingerprint density at radius 2 is 1.64 bits per heavy atom. The minimum absolute atomic E-state index is 0.0422. The molecule has 0 spiro atoms. The maximum absolute atomic E-state index is 12.7. The van der Waals surface area contributed by atoms with E-state index in [0.29, 0.717) is 17.3 Å². The number of para-hydroxylation sites is 2. The Labute approximate surface area is 150 Å². The van der Waals surface area contributed by atoms with Gasteiger partial charge in [-0.3, -0.25) is 9.59 Å². The highest BCUT2D eigenvalue weighted by Gasteiger charge is 2.39. The van der Waals surface area contributed by atoms with Crippen LogP contribution < -0.4 is 10.2 Å². The van der Waals surface area contributed by atoms with Crippen molar-refractivity contribution in [3.05, 3.63) is 64.8 Å². The van der Waals surface area contributed by atoms with Gasteiger partial charge >= 0.3 is 0 Å². The molecule has 0 radical (unpaired) electrons. The highest BCUT2D eigenvalue weighted by molar-refractivity contribution is 6.53. The smallest absolute Gasteiger partial charge is 0.283 e. The van der Waals surface area contributed by atoms with Crippen LogP contribution in [0.3, 0.4) is 0 Å². The van der Waals surface area contributed by atoms with Crippen molar-refractivity contribution in [3.63, 3.8) is 0 Å². The van der Waals surface area contributed by atoms with Crippen LogP contribution in [-0.2, 0) is 9.59 Å². The van der Waals surface area contributed by atoms with Gasteiger partial charge in [0.25, 0.3) is 11.8 Å². The van der Waals surface area contributed by atoms with E-state index in [1.165, 1.54) is 6.07 Å². The number of hydrogen-bond acceptors (Lipinski definition) is 4. The molecule has 1 aliphatic rings. The average molecular weight is 357 g/mol. The lowest BCUT2D eigenvalue weighted by Gasteiger charge is -2.16. The summed E-state index contributed by atoms with van der Waals surface area (Å²) in [6.45, 7) is 4.13. The van der Waals surface area contributed by atoms with E-state index in [0.717, 1.165) is 10.5 Å². The van der Waals surface area contributed by atoms with E-state index < -0.39 is 11.8 Å². The molecule has 0 fully saturated rings. The summed E-state index contributed by atoms with van der Waals surface area (Å²) < 4.78 is 0. The van der Waals surface area contributed by atoms with Crippen LogP contribution in [-0.4, -0.2) is 16.9 Å². The Balaban J connectivity index is 1.90. The monoisotopic (exact) mass is 356 g/mol. The third-order valence-electron chi connectivity index (χ3n) is 4.01. The maximum Gasteiger partial charge on any atom is 0.283 e. The number of halogens is 1. The number of carbonyl (C=O) groups is 2. The maximum atomic E-state index is 12.7. The molecule has 25 heavy (non-hydrogen) atoms. The highest BCUT2D eigenvalue weighted by Crippen LogP contribution is 2.32. The van der Waals surface area contributed by atoms with E-state index in [9.17, 15) is 14.7 Å². The Kier molecular flexibility index (Phi) is 4.51. The van der Waals surface area contributed by atoms with Crippen LogP contribution in [0.4, 0.5) is 11.4 Å². The van der Waals surface area contributed by atoms with Crippen molar-refractivity contribution < 1.29 is 14.7 Å². The number of imide groups is 1. The summed E-state index contributed by atoms with van der Waals surface area (Å²) >= 11 is 6.08. The van der Waals surface area contributed by atoms with Crippen molar-refractivity contribution in [3.8, 4) is 5.75 Å². The van der Waals surface area contributed by atoms with Gasteiger partial charge in [-0.2, -0.15) is 0 Å². The van der Waals surface area contributed by atoms with Gasteiger partial charge in [0.05, 0.1) is 11.4 Å². The molecule has 0 bridgehead atoms. The van der Waals surface area contributed by atoms with Gasteiger partial charge in [0.1, 0.15) is 16.5 Å². The Hall–Kier alpha value is -2.79. The van der Waals surface area contributed by atoms with Crippen LogP contribution in [0.25, 0.3) is 0 Å². The van der Waals surface area contributed by atoms with Crippen molar-refractivity contribution >= 4 is 34.8 Å². The van der Waals surface area contributed by atoms with Crippen LogP contribution in [0.5, 0.6) is 5.75 Å². The molecular formula is C19H17ClN2O3. The Morgan fingerprint density at radius 3 is 2.24 bits per heavy atom. The van der Waals surface area contributed by atoms with E-state index >= 15 is 0 Å². The van der Waals surface area contributed by atoms with Crippen molar-refractivity contribution in [1.29, 1.82) is 0 Å². The molecule has 5 nitrogen and oxygen atoms in total. The summed E-state index contributed by atoms with van der Waals surface area (Å²) in [5.41, 5.74) is 1.80. The number of aromatic hydroxyl groups is 1. The van der Waals surface area contributed by atoms with E-state index in [4.69, 9.17) is 11.6 Å². The number of phenolic OH excluding ortho intramolecular Hbond substituents is 1. The number of nitrogens with zero attached hydrogens (tertiary/aromatic N) is 1. The minimum Gasteiger partial charge on any atom is -0.506 e. The summed E-state index contributed by atoms with van der Waals surface area (Å²) in [7, 11) is 0. The SMILES string of the molecule is CC(C)c1ccc(N2C(=O)C(Cl)=C(Nc3ccccc3O)C2=O)cc1. The normalized spacial score (nSPS) is 14.6. The van der Waals surface area contributed by atoms with Crippen LogP contribution in [0.2, 0.25) is 0 Å². The van der Waals surface area contributed by atoms with Crippen molar-refractivity contribution in [2.75, 3.05) is 10.2 Å². The van der Waals surface area contributed by atoms with E-state index in [1.54, 1.807) is 30.3 Å². The molecule has 2 aromatic rings. The second-order valence-corrected chi connectivity index (χ2v) is 6.40. The number of rotatable bonds is 4. The summed E-state index contributed by atoms with van der Waals surface area (Å²) in [5.74, 6) is -0.851. The minimum atomic E-state index is -0.595. The summed E-state index contributed by atoms with van der Waals surface area (Å²) in [6.07, 6.45) is 0. The predicted molar refractivity (Wildman–Crippen MR) is 97.6 cm³/mol. The Morgan fingerprint density at radius 1 is 1.00 bits per heavy atom. The molecular weight excluding hydrogens is 340 g/mol. The molecule has 2 N–H and O–H groups in total. The molecule has 3 rings (SSSR count). The molecule has 0 unspecified atom stereocenters. The van der Waals surface area contributed by atoms with Crippen LogP contribution in [0.15, 0.2) is 59.3 Å². The third kappa shape index (κ3) is 3.10. The number of benzene rings is 2. The number of anilines is 2. The van der Waals surface area contributed by atoms with Crippen molar-refractivity contribution in [2.24, 2.45) is 0 Å². The molecule has 0 atom stereocenters. The molecule has 2 amide bonds. The first-order chi connectivity index (χ1) is 11.9. The van der Waals surface area contributed by atoms with E-state index in [1.807, 2.05) is 12.1 Å². The molecule has 0 aliphatic carbocycles. The number of amides is 2. The molecule has 0 saturated heterocycles. The second kappa shape index (κ2) is 6.61. The first kappa shape index (κ1) is 17.0. The molecule has 0 aromatic heterocycles. The zero-order valence-electron chi connectivity index (χ0n) is 13.8. The fraction of sp³-hybridized carbons (Fsp3) is 0.158. The first-order valence-corrected chi connectivity index (χ1v) is 8.21. The molecule has 0 saturated carbocycles. The fourth-order valence-electron chi connectivity index (χ4n) is 2.57. The number of nitrogens with one attached hydrogen (secondary N) is 1.